The smallest absolute Gasteiger partial charge is 0.263 e. The van der Waals surface area contributed by atoms with Crippen molar-refractivity contribution in [2.75, 3.05) is 13.2 Å². The molecule has 1 aliphatic rings. The second-order valence-electron chi connectivity index (χ2n) is 5.93. The maximum Gasteiger partial charge on any atom is 0.263 e. The molecule has 6 heteroatoms. The first-order valence-electron chi connectivity index (χ1n) is 8.26. The van der Waals surface area contributed by atoms with Gasteiger partial charge in [0.2, 0.25) is 0 Å². The monoisotopic (exact) mass is 385 g/mol. The number of hydrogen-bond donors (Lipinski definition) is 1. The lowest BCUT2D eigenvalue weighted by Crippen LogP contribution is -2.18. The molecule has 0 spiro atoms. The van der Waals surface area contributed by atoms with Crippen LogP contribution in [0.4, 0.5) is 0 Å². The number of thioether (sulfide) groups is 1. The molecule has 2 aromatic rings. The molecule has 1 amide bonds. The Morgan fingerprint density at radius 3 is 2.50 bits per heavy atom. The minimum Gasteiger partial charge on any atom is -0.493 e. The molecule has 0 saturated carbocycles. The molecule has 0 aromatic heterocycles. The fourth-order valence-electron chi connectivity index (χ4n) is 2.33. The standard InChI is InChI=1S/C20H19NO3S2/c1-14(12-23-16-8-3-2-4-9-16)13-24-17-10-6-5-7-15(17)11-18-19(22)21-20(25)26-18/h2-11,14H,12-13H2,1H3,(H,21,22,25). The zero-order valence-electron chi connectivity index (χ0n) is 14.3. The van der Waals surface area contributed by atoms with Crippen molar-refractivity contribution >= 4 is 40.3 Å². The SMILES string of the molecule is CC(COc1ccccc1)COc1ccccc1C=C1SC(=S)NC1=O. The summed E-state index contributed by atoms with van der Waals surface area (Å²) >= 11 is 6.29. The van der Waals surface area contributed by atoms with E-state index in [0.717, 1.165) is 17.1 Å². The van der Waals surface area contributed by atoms with Crippen molar-refractivity contribution in [3.05, 3.63) is 65.1 Å². The molecule has 1 saturated heterocycles. The molecule has 1 atom stereocenters. The molecule has 1 aliphatic heterocycles. The van der Waals surface area contributed by atoms with Gasteiger partial charge in [-0.25, -0.2) is 0 Å². The average Bonchev–Trinajstić information content (AvgIpc) is 2.97. The Morgan fingerprint density at radius 2 is 1.77 bits per heavy atom. The molecule has 3 rings (SSSR count). The van der Waals surface area contributed by atoms with Crippen molar-refractivity contribution < 1.29 is 14.3 Å². The summed E-state index contributed by atoms with van der Waals surface area (Å²) in [5.74, 6) is 1.63. The van der Waals surface area contributed by atoms with Crippen LogP contribution in [-0.2, 0) is 4.79 Å². The maximum absolute atomic E-state index is 11.8. The Labute approximate surface area is 162 Å². The van der Waals surface area contributed by atoms with Gasteiger partial charge >= 0.3 is 0 Å². The Hall–Kier alpha value is -2.31. The fraction of sp³-hybridized carbons (Fsp3) is 0.200. The Bertz CT molecular complexity index is 821. The first kappa shape index (κ1) is 18.5. The van der Waals surface area contributed by atoms with Crippen LogP contribution in [0.15, 0.2) is 59.5 Å². The number of carbonyl (C=O) groups is 1. The van der Waals surface area contributed by atoms with Gasteiger partial charge in [0.15, 0.2) is 0 Å². The van der Waals surface area contributed by atoms with Crippen molar-refractivity contribution in [1.82, 2.24) is 5.32 Å². The van der Waals surface area contributed by atoms with E-state index in [1.165, 1.54) is 11.8 Å². The summed E-state index contributed by atoms with van der Waals surface area (Å²) < 4.78 is 12.2. The number of amides is 1. The third-order valence-electron chi connectivity index (χ3n) is 3.65. The number of benzene rings is 2. The highest BCUT2D eigenvalue weighted by molar-refractivity contribution is 8.26. The van der Waals surface area contributed by atoms with E-state index in [2.05, 4.69) is 12.2 Å². The van der Waals surface area contributed by atoms with Gasteiger partial charge in [0.25, 0.3) is 5.91 Å². The van der Waals surface area contributed by atoms with E-state index < -0.39 is 0 Å². The van der Waals surface area contributed by atoms with E-state index in [1.807, 2.05) is 54.6 Å². The Morgan fingerprint density at radius 1 is 1.08 bits per heavy atom. The second-order valence-corrected chi connectivity index (χ2v) is 7.65. The second kappa shape index (κ2) is 8.87. The highest BCUT2D eigenvalue weighted by Crippen LogP contribution is 2.29. The summed E-state index contributed by atoms with van der Waals surface area (Å²) in [7, 11) is 0. The minimum absolute atomic E-state index is 0.167. The quantitative estimate of drug-likeness (QED) is 0.570. The maximum atomic E-state index is 11.8. The van der Waals surface area contributed by atoms with Crippen LogP contribution in [0.5, 0.6) is 11.5 Å². The van der Waals surface area contributed by atoms with Crippen LogP contribution in [0.2, 0.25) is 0 Å². The van der Waals surface area contributed by atoms with E-state index in [0.29, 0.717) is 22.4 Å². The molecule has 26 heavy (non-hydrogen) atoms. The number of para-hydroxylation sites is 2. The van der Waals surface area contributed by atoms with Crippen LogP contribution in [-0.4, -0.2) is 23.4 Å². The van der Waals surface area contributed by atoms with Crippen molar-refractivity contribution in [3.8, 4) is 11.5 Å². The molecule has 1 fully saturated rings. The molecule has 0 aliphatic carbocycles. The van der Waals surface area contributed by atoms with Crippen LogP contribution >= 0.6 is 24.0 Å². The van der Waals surface area contributed by atoms with Crippen molar-refractivity contribution in [1.29, 1.82) is 0 Å². The zero-order valence-corrected chi connectivity index (χ0v) is 15.9. The van der Waals surface area contributed by atoms with Gasteiger partial charge in [-0.05, 0) is 24.3 Å². The van der Waals surface area contributed by atoms with Crippen molar-refractivity contribution in [2.24, 2.45) is 5.92 Å². The number of rotatable bonds is 7. The number of ether oxygens (including phenoxy) is 2. The predicted molar refractivity (Wildman–Crippen MR) is 109 cm³/mol. The lowest BCUT2D eigenvalue weighted by molar-refractivity contribution is -0.115. The van der Waals surface area contributed by atoms with Crippen molar-refractivity contribution in [3.63, 3.8) is 0 Å². The summed E-state index contributed by atoms with van der Waals surface area (Å²) in [6.07, 6.45) is 1.81. The minimum atomic E-state index is -0.167. The lowest BCUT2D eigenvalue weighted by Gasteiger charge is -2.15. The van der Waals surface area contributed by atoms with Crippen LogP contribution in [0.1, 0.15) is 12.5 Å². The molecular formula is C20H19NO3S2. The average molecular weight is 386 g/mol. The highest BCUT2D eigenvalue weighted by atomic mass is 32.2. The molecule has 0 bridgehead atoms. The molecule has 2 aromatic carbocycles. The van der Waals surface area contributed by atoms with E-state index in [4.69, 9.17) is 21.7 Å². The van der Waals surface area contributed by atoms with Gasteiger partial charge in [-0.15, -0.1) is 0 Å². The highest BCUT2D eigenvalue weighted by Gasteiger charge is 2.22. The summed E-state index contributed by atoms with van der Waals surface area (Å²) in [6.45, 7) is 3.16. The normalized spacial score (nSPS) is 16.4. The zero-order chi connectivity index (χ0) is 18.4. The van der Waals surface area contributed by atoms with Gasteiger partial charge in [0, 0.05) is 11.5 Å². The van der Waals surface area contributed by atoms with E-state index in [-0.39, 0.29) is 11.8 Å². The third-order valence-corrected chi connectivity index (χ3v) is 4.81. The van der Waals surface area contributed by atoms with Gasteiger partial charge in [-0.1, -0.05) is 67.3 Å². The van der Waals surface area contributed by atoms with Gasteiger partial charge in [0.1, 0.15) is 15.8 Å². The Balaban J connectivity index is 1.59. The molecule has 1 heterocycles. The molecular weight excluding hydrogens is 366 g/mol. The molecule has 4 nitrogen and oxygen atoms in total. The molecule has 134 valence electrons. The van der Waals surface area contributed by atoms with Gasteiger partial charge < -0.3 is 14.8 Å². The Kier molecular flexibility index (Phi) is 6.30. The van der Waals surface area contributed by atoms with Crippen molar-refractivity contribution in [2.45, 2.75) is 6.92 Å². The summed E-state index contributed by atoms with van der Waals surface area (Å²) in [5.41, 5.74) is 0.853. The summed E-state index contributed by atoms with van der Waals surface area (Å²) in [5, 5.41) is 2.62. The third kappa shape index (κ3) is 5.09. The van der Waals surface area contributed by atoms with Gasteiger partial charge in [-0.3, -0.25) is 4.79 Å². The lowest BCUT2D eigenvalue weighted by atomic mass is 10.1. The van der Waals surface area contributed by atoms with Crippen LogP contribution in [0.3, 0.4) is 0 Å². The first-order valence-corrected chi connectivity index (χ1v) is 9.49. The van der Waals surface area contributed by atoms with Gasteiger partial charge in [-0.2, -0.15) is 0 Å². The number of thiocarbonyl (C=S) groups is 1. The topological polar surface area (TPSA) is 47.6 Å². The number of hydrogen-bond acceptors (Lipinski definition) is 5. The first-order chi connectivity index (χ1) is 12.6. The predicted octanol–water partition coefficient (Wildman–Crippen LogP) is 4.27. The summed E-state index contributed by atoms with van der Waals surface area (Å²) in [6, 6.07) is 17.4. The van der Waals surface area contributed by atoms with Gasteiger partial charge in [0.05, 0.1) is 18.1 Å². The van der Waals surface area contributed by atoms with E-state index >= 15 is 0 Å². The van der Waals surface area contributed by atoms with Crippen LogP contribution in [0.25, 0.3) is 6.08 Å². The summed E-state index contributed by atoms with van der Waals surface area (Å²) in [4.78, 5) is 12.4. The molecule has 1 unspecified atom stereocenters. The van der Waals surface area contributed by atoms with E-state index in [9.17, 15) is 4.79 Å². The van der Waals surface area contributed by atoms with Crippen LogP contribution in [0, 0.1) is 5.92 Å². The van der Waals surface area contributed by atoms with Crippen LogP contribution < -0.4 is 14.8 Å². The molecule has 0 radical (unpaired) electrons. The molecule has 1 N–H and O–H groups in total. The number of carbonyl (C=O) groups excluding carboxylic acids is 1. The largest absolute Gasteiger partial charge is 0.493 e. The number of nitrogens with one attached hydrogen (secondary N) is 1. The van der Waals surface area contributed by atoms with E-state index in [1.54, 1.807) is 6.08 Å². The fourth-order valence-corrected chi connectivity index (χ4v) is 3.36.